The highest BCUT2D eigenvalue weighted by Gasteiger charge is 2.16. The minimum absolute atomic E-state index is 0.0700. The molecule has 0 aliphatic heterocycles. The Hall–Kier alpha value is -2.76. The summed E-state index contributed by atoms with van der Waals surface area (Å²) in [5.41, 5.74) is 0.802. The maximum Gasteiger partial charge on any atom is 0.280 e. The van der Waals surface area contributed by atoms with Gasteiger partial charge < -0.3 is 24.1 Å². The van der Waals surface area contributed by atoms with Crippen molar-refractivity contribution in [2.24, 2.45) is 0 Å². The van der Waals surface area contributed by atoms with Gasteiger partial charge in [0.25, 0.3) is 11.4 Å². The van der Waals surface area contributed by atoms with E-state index in [9.17, 15) is 13.7 Å². The average molecular weight is 526 g/mol. The lowest BCUT2D eigenvalue weighted by Crippen LogP contribution is -2.18. The van der Waals surface area contributed by atoms with E-state index in [0.717, 1.165) is 5.56 Å². The summed E-state index contributed by atoms with van der Waals surface area (Å²) in [5, 5.41) is 9.43. The molecule has 2 N–H and O–H groups in total. The first-order valence-corrected chi connectivity index (χ1v) is 11.5. The smallest absolute Gasteiger partial charge is 0.280 e. The number of halogens is 2. The van der Waals surface area contributed by atoms with Crippen LogP contribution in [0.4, 0.5) is 10.1 Å². The van der Waals surface area contributed by atoms with E-state index in [2.05, 4.69) is 31.4 Å². The van der Waals surface area contributed by atoms with Gasteiger partial charge in [-0.15, -0.1) is 5.10 Å². The molecular weight excluding hydrogens is 505 g/mol. The number of methoxy groups -OCH3 is 2. The van der Waals surface area contributed by atoms with Crippen LogP contribution in [0, 0.1) is 5.82 Å². The predicted molar refractivity (Wildman–Crippen MR) is 123 cm³/mol. The van der Waals surface area contributed by atoms with Crippen molar-refractivity contribution in [3.63, 3.8) is 0 Å². The molecule has 0 fully saturated rings. The predicted octanol–water partition coefficient (Wildman–Crippen LogP) is 3.49. The molecule has 2 aromatic carbocycles. The first kappa shape index (κ1) is 23.9. The van der Waals surface area contributed by atoms with E-state index in [1.807, 2.05) is 12.1 Å². The molecule has 11 heteroatoms. The van der Waals surface area contributed by atoms with Gasteiger partial charge in [-0.25, -0.2) is 9.49 Å². The van der Waals surface area contributed by atoms with Crippen LogP contribution in [0.15, 0.2) is 56.6 Å². The highest BCUT2D eigenvalue weighted by Crippen LogP contribution is 2.30. The van der Waals surface area contributed by atoms with Gasteiger partial charge in [-0.05, 0) is 69.1 Å². The number of rotatable bonds is 10. The Morgan fingerprint density at radius 3 is 2.56 bits per heavy atom. The van der Waals surface area contributed by atoms with Crippen molar-refractivity contribution in [3.05, 3.63) is 68.7 Å². The van der Waals surface area contributed by atoms with Crippen LogP contribution in [-0.2, 0) is 17.7 Å². The summed E-state index contributed by atoms with van der Waals surface area (Å²) >= 11 is 1.88. The van der Waals surface area contributed by atoms with Crippen molar-refractivity contribution in [3.8, 4) is 17.4 Å². The van der Waals surface area contributed by atoms with Gasteiger partial charge in [0, 0.05) is 6.54 Å². The Balaban J connectivity index is 1.68. The molecular formula is C21H21BrFN3O5S. The number of aromatic amines is 1. The number of benzene rings is 2. The molecule has 170 valence electrons. The molecule has 1 unspecified atom stereocenters. The number of nitrogens with zero attached hydrogens (tertiary/aromatic N) is 1. The molecule has 1 atom stereocenters. The van der Waals surface area contributed by atoms with E-state index >= 15 is 0 Å². The minimum atomic E-state index is -1.37. The Kier molecular flexibility index (Phi) is 8.37. The second-order valence-electron chi connectivity index (χ2n) is 6.44. The molecule has 0 saturated carbocycles. The van der Waals surface area contributed by atoms with Crippen LogP contribution >= 0.6 is 15.9 Å². The normalized spacial score (nSPS) is 11.7. The molecule has 1 heterocycles. The van der Waals surface area contributed by atoms with Crippen LogP contribution in [0.5, 0.6) is 17.4 Å². The molecule has 3 rings (SSSR count). The van der Waals surface area contributed by atoms with Gasteiger partial charge in [0.05, 0.1) is 14.2 Å². The van der Waals surface area contributed by atoms with Crippen LogP contribution in [-0.4, -0.2) is 41.3 Å². The Bertz CT molecular complexity index is 1110. The lowest BCUT2D eigenvalue weighted by Gasteiger charge is -2.15. The second kappa shape index (κ2) is 11.2. The molecule has 8 nitrogen and oxygen atoms in total. The Morgan fingerprint density at radius 1 is 1.16 bits per heavy atom. The maximum atomic E-state index is 13.0. The fraction of sp³-hybridized carbons (Fsp3) is 0.238. The highest BCUT2D eigenvalue weighted by atomic mass is 79.9. The number of ether oxygens (including phenoxy) is 3. The lowest BCUT2D eigenvalue weighted by atomic mass is 10.2. The number of aromatic nitrogens is 2. The van der Waals surface area contributed by atoms with E-state index in [1.165, 1.54) is 24.3 Å². The van der Waals surface area contributed by atoms with Crippen LogP contribution in [0.2, 0.25) is 0 Å². The SMILES string of the molecule is COc1ccc(CNc2c(OCC[S+]([O-])c3ccc(F)cc3)n[nH]c(=O)c2Br)cc1OC. The van der Waals surface area contributed by atoms with E-state index in [4.69, 9.17) is 14.2 Å². The van der Waals surface area contributed by atoms with Gasteiger partial charge in [0.2, 0.25) is 0 Å². The molecule has 32 heavy (non-hydrogen) atoms. The van der Waals surface area contributed by atoms with Crippen molar-refractivity contribution >= 4 is 32.8 Å². The van der Waals surface area contributed by atoms with Crippen molar-refractivity contribution < 1.29 is 23.2 Å². The summed E-state index contributed by atoms with van der Waals surface area (Å²) in [6, 6.07) is 10.9. The molecule has 0 radical (unpaired) electrons. The second-order valence-corrected chi connectivity index (χ2v) is 8.81. The van der Waals surface area contributed by atoms with Gasteiger partial charge in [-0.2, -0.15) is 0 Å². The third-order valence-electron chi connectivity index (χ3n) is 4.39. The Morgan fingerprint density at radius 2 is 1.88 bits per heavy atom. The topological polar surface area (TPSA) is 109 Å². The number of H-pyrrole nitrogens is 1. The van der Waals surface area contributed by atoms with Gasteiger partial charge in [-0.1, -0.05) is 6.07 Å². The fourth-order valence-electron chi connectivity index (χ4n) is 2.77. The number of hydrogen-bond donors (Lipinski definition) is 2. The van der Waals surface area contributed by atoms with Crippen molar-refractivity contribution in [2.75, 3.05) is 31.9 Å². The third-order valence-corrected chi connectivity index (χ3v) is 6.49. The molecule has 0 bridgehead atoms. The van der Waals surface area contributed by atoms with Crippen LogP contribution < -0.4 is 25.1 Å². The average Bonchev–Trinajstić information content (AvgIpc) is 2.81. The first-order chi connectivity index (χ1) is 15.4. The van der Waals surface area contributed by atoms with Crippen LogP contribution in [0.25, 0.3) is 0 Å². The highest BCUT2D eigenvalue weighted by molar-refractivity contribution is 9.10. The summed E-state index contributed by atoms with van der Waals surface area (Å²) in [5.74, 6) is 1.10. The molecule has 1 aromatic heterocycles. The van der Waals surface area contributed by atoms with E-state index in [-0.39, 0.29) is 22.7 Å². The summed E-state index contributed by atoms with van der Waals surface area (Å²) in [6.45, 7) is 0.419. The van der Waals surface area contributed by atoms with Gasteiger partial charge in [-0.3, -0.25) is 4.79 Å². The van der Waals surface area contributed by atoms with E-state index in [1.54, 1.807) is 20.3 Å². The zero-order valence-corrected chi connectivity index (χ0v) is 19.7. The first-order valence-electron chi connectivity index (χ1n) is 9.42. The van der Waals surface area contributed by atoms with Crippen molar-refractivity contribution in [1.82, 2.24) is 10.2 Å². The van der Waals surface area contributed by atoms with E-state index < -0.39 is 22.6 Å². The van der Waals surface area contributed by atoms with Crippen LogP contribution in [0.1, 0.15) is 5.56 Å². The Labute approximate surface area is 195 Å². The zero-order chi connectivity index (χ0) is 23.1. The monoisotopic (exact) mass is 525 g/mol. The number of anilines is 1. The largest absolute Gasteiger partial charge is 0.611 e. The van der Waals surface area contributed by atoms with E-state index in [0.29, 0.717) is 28.6 Å². The fourth-order valence-corrected chi connectivity index (χ4v) is 4.08. The molecule has 0 spiro atoms. The maximum absolute atomic E-state index is 13.0. The summed E-state index contributed by atoms with van der Waals surface area (Å²) < 4.78 is 41.8. The lowest BCUT2D eigenvalue weighted by molar-refractivity contribution is 0.324. The molecule has 0 saturated heterocycles. The minimum Gasteiger partial charge on any atom is -0.611 e. The summed E-state index contributed by atoms with van der Waals surface area (Å²) in [4.78, 5) is 12.5. The molecule has 3 aromatic rings. The van der Waals surface area contributed by atoms with Crippen molar-refractivity contribution in [2.45, 2.75) is 11.4 Å². The van der Waals surface area contributed by atoms with Gasteiger partial charge >= 0.3 is 0 Å². The van der Waals surface area contributed by atoms with Gasteiger partial charge in [0.1, 0.15) is 28.3 Å². The zero-order valence-electron chi connectivity index (χ0n) is 17.3. The quantitative estimate of drug-likeness (QED) is 0.390. The molecule has 0 aliphatic carbocycles. The third kappa shape index (κ3) is 5.93. The summed E-state index contributed by atoms with van der Waals surface area (Å²) in [7, 11) is 3.11. The van der Waals surface area contributed by atoms with Gasteiger partial charge in [0.15, 0.2) is 16.4 Å². The van der Waals surface area contributed by atoms with Crippen molar-refractivity contribution in [1.29, 1.82) is 0 Å². The molecule has 0 aliphatic rings. The van der Waals surface area contributed by atoms with Crippen LogP contribution in [0.3, 0.4) is 0 Å². The molecule has 0 amide bonds. The number of nitrogens with one attached hydrogen (secondary N) is 2. The number of hydrogen-bond acceptors (Lipinski definition) is 7. The summed E-state index contributed by atoms with van der Waals surface area (Å²) in [6.07, 6.45) is 0. The standard InChI is InChI=1S/C21H21BrFN3O5S/c1-29-16-8-3-13(11-17(16)30-2)12-24-19-18(22)20(27)25-26-21(19)31-9-10-32(28)15-6-4-14(23)5-7-15/h3-8,11H,9-10,12H2,1-2H3,(H2,24,25,27).